The van der Waals surface area contributed by atoms with Crippen molar-refractivity contribution in [2.45, 2.75) is 13.5 Å². The normalized spacial score (nSPS) is 10.0. The van der Waals surface area contributed by atoms with E-state index in [-0.39, 0.29) is 5.78 Å². The number of carbonyl (C=O) groups excluding carboxylic acids is 2. The van der Waals surface area contributed by atoms with Crippen molar-refractivity contribution >= 4 is 11.8 Å². The molecule has 0 spiro atoms. The van der Waals surface area contributed by atoms with E-state index in [1.165, 1.54) is 20.1 Å². The van der Waals surface area contributed by atoms with Crippen LogP contribution in [0, 0.1) is 0 Å². The Morgan fingerprint density at radius 2 is 1.76 bits per heavy atom. The van der Waals surface area contributed by atoms with Gasteiger partial charge in [-0.1, -0.05) is 30.3 Å². The Hall–Kier alpha value is -2.62. The van der Waals surface area contributed by atoms with Gasteiger partial charge in [0.25, 0.3) is 0 Å². The molecule has 2 rings (SSSR count). The summed E-state index contributed by atoms with van der Waals surface area (Å²) in [5.74, 6) is -0.185. The van der Waals surface area contributed by atoms with Gasteiger partial charge in [-0.3, -0.25) is 4.79 Å². The Labute approximate surface area is 123 Å². The van der Waals surface area contributed by atoms with E-state index >= 15 is 0 Å². The monoisotopic (exact) mass is 284 g/mol. The summed E-state index contributed by atoms with van der Waals surface area (Å²) in [5, 5.41) is 0. The van der Waals surface area contributed by atoms with E-state index in [1.54, 1.807) is 12.1 Å². The Balaban J connectivity index is 2.22. The first-order chi connectivity index (χ1) is 10.1. The van der Waals surface area contributed by atoms with Crippen molar-refractivity contribution in [3.05, 3.63) is 65.2 Å². The van der Waals surface area contributed by atoms with Crippen molar-refractivity contribution in [2.24, 2.45) is 0 Å². The highest BCUT2D eigenvalue weighted by atomic mass is 16.5. The summed E-state index contributed by atoms with van der Waals surface area (Å²) >= 11 is 0. The molecule has 4 heteroatoms. The lowest BCUT2D eigenvalue weighted by Gasteiger charge is -2.11. The van der Waals surface area contributed by atoms with Crippen LogP contribution in [0.1, 0.15) is 33.2 Å². The Morgan fingerprint density at radius 1 is 1.05 bits per heavy atom. The summed E-state index contributed by atoms with van der Waals surface area (Å²) in [4.78, 5) is 23.2. The molecule has 0 unspecified atom stereocenters. The van der Waals surface area contributed by atoms with Crippen LogP contribution < -0.4 is 4.74 Å². The van der Waals surface area contributed by atoms with Gasteiger partial charge in [0.15, 0.2) is 5.78 Å². The van der Waals surface area contributed by atoms with Gasteiger partial charge in [-0.05, 0) is 30.7 Å². The molecule has 21 heavy (non-hydrogen) atoms. The zero-order valence-corrected chi connectivity index (χ0v) is 12.0. The minimum absolute atomic E-state index is 0.163. The summed E-state index contributed by atoms with van der Waals surface area (Å²) in [6.45, 7) is 1.80. The van der Waals surface area contributed by atoms with Crippen LogP contribution in [0.4, 0.5) is 0 Å². The molecule has 0 heterocycles. The van der Waals surface area contributed by atoms with E-state index in [0.717, 1.165) is 5.56 Å². The maximum Gasteiger partial charge on any atom is 0.337 e. The van der Waals surface area contributed by atoms with Crippen LogP contribution in [-0.4, -0.2) is 18.9 Å². The minimum atomic E-state index is -0.480. The van der Waals surface area contributed by atoms with Crippen LogP contribution in [0.25, 0.3) is 0 Å². The van der Waals surface area contributed by atoms with Crippen LogP contribution in [0.5, 0.6) is 5.75 Å². The molecule has 4 nitrogen and oxygen atoms in total. The number of ketones is 1. The molecule has 108 valence electrons. The number of carbonyl (C=O) groups is 2. The summed E-state index contributed by atoms with van der Waals surface area (Å²) in [7, 11) is 1.30. The third kappa shape index (κ3) is 3.69. The highest BCUT2D eigenvalue weighted by Crippen LogP contribution is 2.22. The molecule has 0 N–H and O–H groups in total. The fourth-order valence-corrected chi connectivity index (χ4v) is 1.91. The topological polar surface area (TPSA) is 52.6 Å². The van der Waals surface area contributed by atoms with E-state index in [2.05, 4.69) is 4.74 Å². The van der Waals surface area contributed by atoms with Crippen LogP contribution >= 0.6 is 0 Å². The second-order valence-corrected chi connectivity index (χ2v) is 4.53. The van der Waals surface area contributed by atoms with Crippen molar-refractivity contribution in [1.29, 1.82) is 0 Å². The number of esters is 1. The average molecular weight is 284 g/mol. The molecule has 0 aromatic heterocycles. The van der Waals surface area contributed by atoms with E-state index in [0.29, 0.717) is 23.5 Å². The largest absolute Gasteiger partial charge is 0.488 e. The van der Waals surface area contributed by atoms with Crippen molar-refractivity contribution in [2.75, 3.05) is 7.11 Å². The summed E-state index contributed by atoms with van der Waals surface area (Å²) in [6.07, 6.45) is 0. The third-order valence-electron chi connectivity index (χ3n) is 3.02. The zero-order chi connectivity index (χ0) is 15.2. The molecule has 0 aliphatic carbocycles. The summed E-state index contributed by atoms with van der Waals surface area (Å²) in [6, 6.07) is 14.3. The Kier molecular flexibility index (Phi) is 4.72. The van der Waals surface area contributed by atoms with Crippen LogP contribution in [0.3, 0.4) is 0 Å². The third-order valence-corrected chi connectivity index (χ3v) is 3.02. The number of benzene rings is 2. The Bertz CT molecular complexity index is 647. The van der Waals surface area contributed by atoms with Gasteiger partial charge in [0.2, 0.25) is 0 Å². The molecule has 0 amide bonds. The van der Waals surface area contributed by atoms with E-state index in [9.17, 15) is 9.59 Å². The average Bonchev–Trinajstić information content (AvgIpc) is 2.52. The molecule has 0 bridgehead atoms. The predicted molar refractivity (Wildman–Crippen MR) is 78.6 cm³/mol. The molecular formula is C17H16O4. The molecular weight excluding hydrogens is 268 g/mol. The van der Waals surface area contributed by atoms with Crippen LogP contribution in [0.2, 0.25) is 0 Å². The number of methoxy groups -OCH3 is 1. The molecule has 0 radical (unpaired) electrons. The van der Waals surface area contributed by atoms with Gasteiger partial charge in [0, 0.05) is 0 Å². The van der Waals surface area contributed by atoms with Crippen molar-refractivity contribution in [3.8, 4) is 5.75 Å². The highest BCUT2D eigenvalue weighted by molar-refractivity contribution is 6.00. The lowest BCUT2D eigenvalue weighted by atomic mass is 10.1. The maximum atomic E-state index is 11.7. The maximum absolute atomic E-state index is 11.7. The molecule has 0 saturated heterocycles. The van der Waals surface area contributed by atoms with Crippen molar-refractivity contribution in [1.82, 2.24) is 0 Å². The SMILES string of the molecule is COC(=O)c1ccc(OCc2ccccc2)c(C(C)=O)c1. The minimum Gasteiger partial charge on any atom is -0.488 e. The molecule has 2 aromatic rings. The van der Waals surface area contributed by atoms with Gasteiger partial charge in [0.1, 0.15) is 12.4 Å². The molecule has 0 aliphatic rings. The standard InChI is InChI=1S/C17H16O4/c1-12(18)15-10-14(17(19)20-2)8-9-16(15)21-11-13-6-4-3-5-7-13/h3-10H,11H2,1-2H3. The predicted octanol–water partition coefficient (Wildman–Crippen LogP) is 3.25. The number of hydrogen-bond acceptors (Lipinski definition) is 4. The number of Topliss-reactive ketones (excluding diaryl/α,β-unsaturated/α-hetero) is 1. The first-order valence-electron chi connectivity index (χ1n) is 6.52. The van der Waals surface area contributed by atoms with Crippen LogP contribution in [0.15, 0.2) is 48.5 Å². The first kappa shape index (κ1) is 14.8. The fourth-order valence-electron chi connectivity index (χ4n) is 1.91. The first-order valence-corrected chi connectivity index (χ1v) is 6.52. The zero-order valence-electron chi connectivity index (χ0n) is 12.0. The molecule has 0 fully saturated rings. The lowest BCUT2D eigenvalue weighted by Crippen LogP contribution is -2.06. The van der Waals surface area contributed by atoms with E-state index in [1.807, 2.05) is 30.3 Å². The second kappa shape index (κ2) is 6.70. The van der Waals surface area contributed by atoms with Gasteiger partial charge in [-0.15, -0.1) is 0 Å². The van der Waals surface area contributed by atoms with E-state index < -0.39 is 5.97 Å². The fraction of sp³-hybridized carbons (Fsp3) is 0.176. The highest BCUT2D eigenvalue weighted by Gasteiger charge is 2.14. The van der Waals surface area contributed by atoms with Gasteiger partial charge in [-0.2, -0.15) is 0 Å². The Morgan fingerprint density at radius 3 is 2.38 bits per heavy atom. The van der Waals surface area contributed by atoms with Gasteiger partial charge in [-0.25, -0.2) is 4.79 Å². The molecule has 2 aromatic carbocycles. The number of hydrogen-bond donors (Lipinski definition) is 0. The number of ether oxygens (including phenoxy) is 2. The van der Waals surface area contributed by atoms with Crippen molar-refractivity contribution < 1.29 is 19.1 Å². The van der Waals surface area contributed by atoms with Crippen LogP contribution in [-0.2, 0) is 11.3 Å². The quantitative estimate of drug-likeness (QED) is 0.624. The molecule has 0 aliphatic heterocycles. The smallest absolute Gasteiger partial charge is 0.337 e. The summed E-state index contributed by atoms with van der Waals surface area (Å²) < 4.78 is 10.3. The summed E-state index contributed by atoms with van der Waals surface area (Å²) in [5.41, 5.74) is 1.70. The second-order valence-electron chi connectivity index (χ2n) is 4.53. The number of rotatable bonds is 5. The van der Waals surface area contributed by atoms with E-state index in [4.69, 9.17) is 4.74 Å². The molecule has 0 saturated carbocycles. The van der Waals surface area contributed by atoms with Gasteiger partial charge < -0.3 is 9.47 Å². The van der Waals surface area contributed by atoms with Crippen molar-refractivity contribution in [3.63, 3.8) is 0 Å². The van der Waals surface area contributed by atoms with Gasteiger partial charge in [0.05, 0.1) is 18.2 Å². The molecule has 0 atom stereocenters. The van der Waals surface area contributed by atoms with Gasteiger partial charge >= 0.3 is 5.97 Å². The lowest BCUT2D eigenvalue weighted by molar-refractivity contribution is 0.0600.